The van der Waals surface area contributed by atoms with E-state index in [9.17, 15) is 4.79 Å². The minimum Gasteiger partial charge on any atom is -0.381 e. The van der Waals surface area contributed by atoms with Gasteiger partial charge in [0.2, 0.25) is 0 Å². The number of carbonyl (C=O) groups is 1. The van der Waals surface area contributed by atoms with E-state index in [1.807, 2.05) is 23.9 Å². The van der Waals surface area contributed by atoms with Gasteiger partial charge < -0.3 is 10.1 Å². The average molecular weight is 375 g/mol. The zero-order chi connectivity index (χ0) is 17.9. The van der Waals surface area contributed by atoms with Crippen LogP contribution in [0.15, 0.2) is 12.3 Å². The molecule has 0 aliphatic carbocycles. The molecule has 0 atom stereocenters. The molecule has 2 aliphatic heterocycles. The van der Waals surface area contributed by atoms with Gasteiger partial charge in [-0.25, -0.2) is 4.98 Å². The Balaban J connectivity index is 1.47. The molecule has 0 aromatic carbocycles. The van der Waals surface area contributed by atoms with Crippen LogP contribution in [0.1, 0.15) is 58.7 Å². The van der Waals surface area contributed by atoms with Gasteiger partial charge in [0.05, 0.1) is 11.7 Å². The summed E-state index contributed by atoms with van der Waals surface area (Å²) in [5.41, 5.74) is 1.46. The van der Waals surface area contributed by atoms with Crippen molar-refractivity contribution in [3.8, 4) is 0 Å². The van der Waals surface area contributed by atoms with Crippen LogP contribution in [0.2, 0.25) is 0 Å². The van der Waals surface area contributed by atoms with Crippen molar-refractivity contribution in [3.05, 3.63) is 28.5 Å². The molecule has 140 valence electrons. The molecule has 2 aliphatic rings. The third kappa shape index (κ3) is 3.82. The minimum absolute atomic E-state index is 0.136. The Morgan fingerprint density at radius 2 is 2.08 bits per heavy atom. The van der Waals surface area contributed by atoms with Crippen molar-refractivity contribution in [2.75, 3.05) is 31.6 Å². The summed E-state index contributed by atoms with van der Waals surface area (Å²) in [5.74, 6) is 0.415. The molecule has 2 aromatic rings. The lowest BCUT2D eigenvalue weighted by Crippen LogP contribution is -2.26. The fourth-order valence-corrected chi connectivity index (χ4v) is 4.68. The summed E-state index contributed by atoms with van der Waals surface area (Å²) in [6.45, 7) is 5.46. The quantitative estimate of drug-likeness (QED) is 0.859. The number of aryl methyl sites for hydroxylation is 1. The van der Waals surface area contributed by atoms with Gasteiger partial charge in [-0.15, -0.1) is 11.3 Å². The van der Waals surface area contributed by atoms with Gasteiger partial charge in [0.1, 0.15) is 5.69 Å². The number of hydrogen-bond acceptors (Lipinski definition) is 6. The van der Waals surface area contributed by atoms with Crippen molar-refractivity contribution in [2.24, 2.45) is 0 Å². The van der Waals surface area contributed by atoms with Crippen LogP contribution in [0, 0.1) is 6.92 Å². The molecule has 0 bridgehead atoms. The summed E-state index contributed by atoms with van der Waals surface area (Å²) in [6, 6.07) is 2.08. The van der Waals surface area contributed by atoms with Gasteiger partial charge in [0.25, 0.3) is 5.91 Å². The zero-order valence-electron chi connectivity index (χ0n) is 15.0. The summed E-state index contributed by atoms with van der Waals surface area (Å²) in [7, 11) is 0. The number of ether oxygens (including phenoxy) is 1. The van der Waals surface area contributed by atoms with E-state index < -0.39 is 0 Å². The van der Waals surface area contributed by atoms with E-state index in [1.54, 1.807) is 11.3 Å². The van der Waals surface area contributed by atoms with Gasteiger partial charge in [-0.2, -0.15) is 5.10 Å². The first-order valence-corrected chi connectivity index (χ1v) is 10.1. The lowest BCUT2D eigenvalue weighted by Gasteiger charge is -2.23. The van der Waals surface area contributed by atoms with E-state index in [0.29, 0.717) is 16.7 Å². The Morgan fingerprint density at radius 1 is 1.31 bits per heavy atom. The maximum atomic E-state index is 12.8. The smallest absolute Gasteiger partial charge is 0.275 e. The van der Waals surface area contributed by atoms with Crippen molar-refractivity contribution in [1.29, 1.82) is 0 Å². The first kappa shape index (κ1) is 17.6. The van der Waals surface area contributed by atoms with Gasteiger partial charge in [0.15, 0.2) is 5.13 Å². The molecule has 26 heavy (non-hydrogen) atoms. The lowest BCUT2D eigenvalue weighted by atomic mass is 9.97. The normalized spacial score (nSPS) is 19.6. The molecule has 4 heterocycles. The highest BCUT2D eigenvalue weighted by Crippen LogP contribution is 2.32. The predicted molar refractivity (Wildman–Crippen MR) is 101 cm³/mol. The monoisotopic (exact) mass is 375 g/mol. The number of carbonyl (C=O) groups excluding carboxylic acids is 1. The van der Waals surface area contributed by atoms with Crippen LogP contribution in [0.3, 0.4) is 0 Å². The second kappa shape index (κ2) is 7.85. The number of rotatable bonds is 4. The highest BCUT2D eigenvalue weighted by atomic mass is 32.1. The number of anilines is 1. The first-order chi connectivity index (χ1) is 12.7. The van der Waals surface area contributed by atoms with Crippen LogP contribution >= 0.6 is 11.3 Å². The molecule has 2 saturated heterocycles. The molecule has 4 rings (SSSR count). The van der Waals surface area contributed by atoms with Gasteiger partial charge in [0, 0.05) is 24.3 Å². The maximum absolute atomic E-state index is 12.8. The predicted octanol–water partition coefficient (Wildman–Crippen LogP) is 2.72. The van der Waals surface area contributed by atoms with Crippen molar-refractivity contribution < 1.29 is 9.53 Å². The van der Waals surface area contributed by atoms with Gasteiger partial charge in [-0.3, -0.25) is 14.8 Å². The van der Waals surface area contributed by atoms with E-state index in [4.69, 9.17) is 4.74 Å². The largest absolute Gasteiger partial charge is 0.381 e. The third-order valence-corrected chi connectivity index (χ3v) is 6.19. The van der Waals surface area contributed by atoms with Gasteiger partial charge in [-0.05, 0) is 57.7 Å². The summed E-state index contributed by atoms with van der Waals surface area (Å²) in [4.78, 5) is 18.5. The van der Waals surface area contributed by atoms with Crippen LogP contribution in [-0.4, -0.2) is 47.0 Å². The molecular weight excluding hydrogens is 350 g/mol. The molecule has 1 amide bonds. The Morgan fingerprint density at radius 3 is 2.85 bits per heavy atom. The molecular formula is C18H25N5O2S. The highest BCUT2D eigenvalue weighted by Gasteiger charge is 2.24. The molecule has 0 radical (unpaired) electrons. The van der Waals surface area contributed by atoms with Crippen molar-refractivity contribution in [2.45, 2.75) is 44.6 Å². The first-order valence-electron chi connectivity index (χ1n) is 9.32. The van der Waals surface area contributed by atoms with Crippen LogP contribution < -0.4 is 10.6 Å². The summed E-state index contributed by atoms with van der Waals surface area (Å²) in [5, 5.41) is 11.6. The SMILES string of the molecule is Cc1cc(C(=O)Nc2ncc(C3CCNCC3)s2)n(C2CCOCC2)n1. The Kier molecular flexibility index (Phi) is 5.33. The Bertz CT molecular complexity index is 759. The van der Waals surface area contributed by atoms with E-state index in [-0.39, 0.29) is 11.9 Å². The number of amides is 1. The second-order valence-electron chi connectivity index (χ2n) is 7.01. The molecule has 2 fully saturated rings. The van der Waals surface area contributed by atoms with Crippen molar-refractivity contribution in [3.63, 3.8) is 0 Å². The molecule has 2 N–H and O–H groups in total. The van der Waals surface area contributed by atoms with E-state index in [0.717, 1.165) is 57.7 Å². The number of piperidine rings is 1. The standard InChI is InChI=1S/C18H25N5O2S/c1-12-10-15(23(22-12)14-4-8-25-9-5-14)17(24)21-18-20-11-16(26-18)13-2-6-19-7-3-13/h10-11,13-14,19H,2-9H2,1H3,(H,20,21,24). The molecule has 0 unspecified atom stereocenters. The van der Waals surface area contributed by atoms with E-state index in [1.165, 1.54) is 4.88 Å². The number of hydrogen-bond donors (Lipinski definition) is 2. The average Bonchev–Trinajstić information content (AvgIpc) is 3.30. The molecule has 2 aromatic heterocycles. The molecule has 8 heteroatoms. The highest BCUT2D eigenvalue weighted by molar-refractivity contribution is 7.15. The fraction of sp³-hybridized carbons (Fsp3) is 0.611. The van der Waals surface area contributed by atoms with Gasteiger partial charge >= 0.3 is 0 Å². The number of nitrogens with zero attached hydrogens (tertiary/aromatic N) is 3. The Hall–Kier alpha value is -1.77. The maximum Gasteiger partial charge on any atom is 0.275 e. The van der Waals surface area contributed by atoms with Crippen molar-refractivity contribution in [1.82, 2.24) is 20.1 Å². The minimum atomic E-state index is -0.136. The summed E-state index contributed by atoms with van der Waals surface area (Å²) < 4.78 is 7.30. The van der Waals surface area contributed by atoms with Crippen LogP contribution in [-0.2, 0) is 4.74 Å². The Labute approximate surface area is 157 Å². The fourth-order valence-electron chi connectivity index (χ4n) is 3.70. The van der Waals surface area contributed by atoms with Crippen LogP contribution in [0.25, 0.3) is 0 Å². The third-order valence-electron chi connectivity index (χ3n) is 5.11. The number of nitrogens with one attached hydrogen (secondary N) is 2. The number of thiazole rings is 1. The van der Waals surface area contributed by atoms with Gasteiger partial charge in [-0.1, -0.05) is 0 Å². The number of aromatic nitrogens is 3. The second-order valence-corrected chi connectivity index (χ2v) is 8.07. The lowest BCUT2D eigenvalue weighted by molar-refractivity contribution is 0.0646. The topological polar surface area (TPSA) is 81.1 Å². The molecule has 7 nitrogen and oxygen atoms in total. The van der Waals surface area contributed by atoms with Crippen LogP contribution in [0.5, 0.6) is 0 Å². The summed E-state index contributed by atoms with van der Waals surface area (Å²) in [6.07, 6.45) is 5.95. The van der Waals surface area contributed by atoms with E-state index in [2.05, 4.69) is 20.7 Å². The van der Waals surface area contributed by atoms with Crippen LogP contribution in [0.4, 0.5) is 5.13 Å². The molecule has 0 spiro atoms. The molecule has 0 saturated carbocycles. The van der Waals surface area contributed by atoms with E-state index >= 15 is 0 Å². The summed E-state index contributed by atoms with van der Waals surface area (Å²) >= 11 is 1.59. The van der Waals surface area contributed by atoms with Crippen molar-refractivity contribution >= 4 is 22.4 Å². The zero-order valence-corrected chi connectivity index (χ0v) is 15.8.